The quantitative estimate of drug-likeness (QED) is 0.104. The first-order valence-electron chi connectivity index (χ1n) is 10.7. The van der Waals surface area contributed by atoms with Gasteiger partial charge in [0, 0.05) is 23.4 Å². The molecule has 1 fully saturated rings. The van der Waals surface area contributed by atoms with E-state index < -0.39 is 34.9 Å². The molecule has 16 heteroatoms. The third-order valence-corrected chi connectivity index (χ3v) is 9.48. The summed E-state index contributed by atoms with van der Waals surface area (Å²) in [5.74, 6) is -2.48. The zero-order valence-corrected chi connectivity index (χ0v) is 22.2. The molecule has 0 aromatic carbocycles. The van der Waals surface area contributed by atoms with E-state index >= 15 is 0 Å². The smallest absolute Gasteiger partial charge is 0.352 e. The lowest BCUT2D eigenvalue weighted by atomic mass is 10.0. The van der Waals surface area contributed by atoms with Crippen molar-refractivity contribution in [1.29, 1.82) is 0 Å². The number of pyridine rings is 1. The first-order chi connectivity index (χ1) is 18.3. The molecule has 1 saturated heterocycles. The van der Waals surface area contributed by atoms with Gasteiger partial charge in [-0.25, -0.2) is 14.8 Å². The van der Waals surface area contributed by atoms with Gasteiger partial charge in [0.25, 0.3) is 11.8 Å². The zero-order chi connectivity index (χ0) is 27.0. The fraction of sp³-hybridized carbons (Fsp3) is 0.136. The number of nitrogen functional groups attached to an aromatic ring is 1. The molecule has 2 aliphatic rings. The Balaban J connectivity index is 1.31. The molecule has 0 bridgehead atoms. The SMILES string of the molecule is Nc1nc(C(=NO)C(=O)NC2C(=O)N3C(C(=O)O)=C(C=CSc4cc(=O)c5cccnc5s4)CS[C@@H]23)cs1. The van der Waals surface area contributed by atoms with Crippen LogP contribution in [0.1, 0.15) is 5.69 Å². The molecule has 12 nitrogen and oxygen atoms in total. The molecule has 2 amide bonds. The van der Waals surface area contributed by atoms with Gasteiger partial charge in [0.05, 0.1) is 9.60 Å². The summed E-state index contributed by atoms with van der Waals surface area (Å²) in [5, 5.41) is 27.7. The maximum atomic E-state index is 12.9. The van der Waals surface area contributed by atoms with Gasteiger partial charge in [0.2, 0.25) is 0 Å². The summed E-state index contributed by atoms with van der Waals surface area (Å²) in [5.41, 5.74) is 5.27. The lowest BCUT2D eigenvalue weighted by molar-refractivity contribution is -0.150. The van der Waals surface area contributed by atoms with Crippen molar-refractivity contribution in [1.82, 2.24) is 20.2 Å². The monoisotopic (exact) mass is 588 g/mol. The summed E-state index contributed by atoms with van der Waals surface area (Å²) in [6.45, 7) is 0. The highest BCUT2D eigenvalue weighted by Gasteiger charge is 2.54. The Kier molecular flexibility index (Phi) is 7.20. The van der Waals surface area contributed by atoms with Crippen LogP contribution in [0, 0.1) is 0 Å². The fourth-order valence-electron chi connectivity index (χ4n) is 3.80. The van der Waals surface area contributed by atoms with Crippen LogP contribution >= 0.6 is 46.2 Å². The minimum atomic E-state index is -1.28. The molecule has 2 atom stereocenters. The lowest BCUT2D eigenvalue weighted by Gasteiger charge is -2.49. The topological polar surface area (TPSA) is 188 Å². The number of carboxylic acids is 1. The summed E-state index contributed by atoms with van der Waals surface area (Å²) >= 11 is 4.91. The van der Waals surface area contributed by atoms with E-state index in [0.29, 0.717) is 20.0 Å². The lowest BCUT2D eigenvalue weighted by Crippen LogP contribution is -2.71. The number of hydrogen-bond donors (Lipinski definition) is 4. The van der Waals surface area contributed by atoms with Crippen molar-refractivity contribution in [3.8, 4) is 0 Å². The second kappa shape index (κ2) is 10.6. The number of rotatable bonds is 7. The number of aliphatic carboxylic acids is 1. The number of aromatic nitrogens is 2. The second-order valence-electron chi connectivity index (χ2n) is 7.77. The predicted octanol–water partition coefficient (Wildman–Crippen LogP) is 1.92. The van der Waals surface area contributed by atoms with Crippen LogP contribution in [0.3, 0.4) is 0 Å². The molecule has 2 aliphatic heterocycles. The fourth-order valence-corrected chi connectivity index (χ4v) is 7.55. The van der Waals surface area contributed by atoms with Crippen LogP contribution in [0.15, 0.2) is 66.7 Å². The number of thiazole rings is 1. The van der Waals surface area contributed by atoms with Gasteiger partial charge < -0.3 is 21.4 Å². The van der Waals surface area contributed by atoms with Gasteiger partial charge in [-0.05, 0) is 29.2 Å². The van der Waals surface area contributed by atoms with Crippen LogP contribution in [-0.2, 0) is 14.4 Å². The van der Waals surface area contributed by atoms with Crippen LogP contribution in [0.25, 0.3) is 10.2 Å². The predicted molar refractivity (Wildman–Crippen MR) is 145 cm³/mol. The Morgan fingerprint density at radius 1 is 1.34 bits per heavy atom. The van der Waals surface area contributed by atoms with Gasteiger partial charge in [-0.15, -0.1) is 34.4 Å². The Hall–Kier alpha value is -3.73. The van der Waals surface area contributed by atoms with Crippen LogP contribution < -0.4 is 16.5 Å². The number of nitrogens with two attached hydrogens (primary N) is 1. The average Bonchev–Trinajstić information content (AvgIpc) is 3.32. The second-order valence-corrected chi connectivity index (χ2v) is 12.0. The number of carboxylic acid groups (broad SMARTS) is 1. The van der Waals surface area contributed by atoms with Crippen molar-refractivity contribution in [2.24, 2.45) is 5.16 Å². The van der Waals surface area contributed by atoms with Crippen molar-refractivity contribution < 1.29 is 24.7 Å². The molecule has 5 heterocycles. The first kappa shape index (κ1) is 25.9. The number of carbonyl (C=O) groups is 3. The number of hydrogen-bond acceptors (Lipinski definition) is 13. The molecule has 5 rings (SSSR count). The number of carbonyl (C=O) groups excluding carboxylic acids is 2. The average molecular weight is 589 g/mol. The number of oxime groups is 1. The van der Waals surface area contributed by atoms with E-state index in [0.717, 1.165) is 16.2 Å². The minimum absolute atomic E-state index is 0.0516. The van der Waals surface area contributed by atoms with Gasteiger partial charge in [-0.2, -0.15) is 0 Å². The highest BCUT2D eigenvalue weighted by molar-refractivity contribution is 8.04. The maximum absolute atomic E-state index is 12.9. The summed E-state index contributed by atoms with van der Waals surface area (Å²) in [6.07, 6.45) is 3.20. The van der Waals surface area contributed by atoms with E-state index in [1.54, 1.807) is 29.8 Å². The summed E-state index contributed by atoms with van der Waals surface area (Å²) in [4.78, 5) is 59.8. The van der Waals surface area contributed by atoms with Crippen LogP contribution in [-0.4, -0.2) is 65.8 Å². The molecule has 1 unspecified atom stereocenters. The summed E-state index contributed by atoms with van der Waals surface area (Å²) in [7, 11) is 0. The van der Waals surface area contributed by atoms with Crippen LogP contribution in [0.5, 0.6) is 0 Å². The third kappa shape index (κ3) is 4.78. The van der Waals surface area contributed by atoms with E-state index in [4.69, 9.17) is 5.73 Å². The van der Waals surface area contributed by atoms with E-state index in [-0.39, 0.29) is 27.7 Å². The van der Waals surface area contributed by atoms with Gasteiger partial charge in [-0.1, -0.05) is 16.9 Å². The first-order valence-corrected chi connectivity index (χ1v) is 14.3. The van der Waals surface area contributed by atoms with E-state index in [9.17, 15) is 29.5 Å². The van der Waals surface area contributed by atoms with Crippen LogP contribution in [0.4, 0.5) is 5.13 Å². The van der Waals surface area contributed by atoms with Crippen molar-refractivity contribution in [3.05, 3.63) is 68.4 Å². The number of nitrogens with zero attached hydrogens (tertiary/aromatic N) is 4. The maximum Gasteiger partial charge on any atom is 0.352 e. The van der Waals surface area contributed by atoms with Crippen molar-refractivity contribution in [3.63, 3.8) is 0 Å². The minimum Gasteiger partial charge on any atom is -0.477 e. The normalized spacial score (nSPS) is 19.5. The number of fused-ring (bicyclic) bond motifs is 2. The number of nitrogens with one attached hydrogen (secondary N) is 1. The summed E-state index contributed by atoms with van der Waals surface area (Å²) in [6, 6.07) is 3.88. The number of allylic oxidation sites excluding steroid dienone is 1. The third-order valence-electron chi connectivity index (χ3n) is 5.50. The molecule has 38 heavy (non-hydrogen) atoms. The number of thioether (sulfide) groups is 2. The number of anilines is 1. The molecule has 0 radical (unpaired) electrons. The van der Waals surface area contributed by atoms with Gasteiger partial charge in [0.15, 0.2) is 16.3 Å². The molecule has 3 aromatic rings. The molecular weight excluding hydrogens is 573 g/mol. The van der Waals surface area contributed by atoms with Gasteiger partial charge in [0.1, 0.15) is 27.6 Å². The molecule has 5 N–H and O–H groups in total. The molecule has 0 aliphatic carbocycles. The number of β-lactam (4-membered cyclic amide) rings is 1. The van der Waals surface area contributed by atoms with Gasteiger partial charge in [-0.3, -0.25) is 19.3 Å². The Labute approximate surface area is 230 Å². The number of amides is 2. The van der Waals surface area contributed by atoms with E-state index in [1.807, 2.05) is 0 Å². The van der Waals surface area contributed by atoms with E-state index in [1.165, 1.54) is 46.3 Å². The molecule has 194 valence electrons. The molecule has 3 aromatic heterocycles. The molecule has 0 spiro atoms. The summed E-state index contributed by atoms with van der Waals surface area (Å²) < 4.78 is 0.683. The molecule has 0 saturated carbocycles. The zero-order valence-electron chi connectivity index (χ0n) is 18.9. The Bertz CT molecular complexity index is 1630. The Morgan fingerprint density at radius 2 is 2.16 bits per heavy atom. The van der Waals surface area contributed by atoms with Crippen LogP contribution in [0.2, 0.25) is 0 Å². The highest BCUT2D eigenvalue weighted by atomic mass is 32.2. The largest absolute Gasteiger partial charge is 0.477 e. The van der Waals surface area contributed by atoms with Crippen molar-refractivity contribution in [2.75, 3.05) is 11.5 Å². The standard InChI is InChI=1S/C22H16N6O6S4/c23-22-25-11(8-37-22)14(27-34)17(30)26-15-19(31)28-16(21(32)33)9(7-36-20(15)28)3-5-35-13-6-12(29)10-2-1-4-24-18(10)38-13/h1-6,8,15,20,34H,7H2,(H2,23,25)(H,26,30)(H,32,33)/t15?,20-/m0/s1. The van der Waals surface area contributed by atoms with E-state index in [2.05, 4.69) is 20.4 Å². The highest BCUT2D eigenvalue weighted by Crippen LogP contribution is 2.41. The molecular formula is C22H16N6O6S4. The van der Waals surface area contributed by atoms with Crippen molar-refractivity contribution in [2.45, 2.75) is 15.6 Å². The Morgan fingerprint density at radius 3 is 2.87 bits per heavy atom. The van der Waals surface area contributed by atoms with Crippen molar-refractivity contribution >= 4 is 85.0 Å². The van der Waals surface area contributed by atoms with Gasteiger partial charge >= 0.3 is 5.97 Å².